The third kappa shape index (κ3) is 5.03. The molecule has 0 saturated heterocycles. The fourth-order valence-corrected chi connectivity index (χ4v) is 2.89. The first kappa shape index (κ1) is 17.9. The summed E-state index contributed by atoms with van der Waals surface area (Å²) in [5.41, 5.74) is 2.90. The Kier molecular flexibility index (Phi) is 6.26. The Morgan fingerprint density at radius 3 is 2.29 bits per heavy atom. The minimum atomic E-state index is -0.943. The Bertz CT molecular complexity index is 757. The standard InChI is InChI=1S/C18H20N2O3S/c1-19-17(21)15-8-6-13(7-9-15)11-20-18(22)16-5-3-4-14(10-16)12-24(2)23/h3-10H,11-12H2,1-2H3,(H,19,21)(H,20,22). The lowest BCUT2D eigenvalue weighted by atomic mass is 10.1. The molecule has 0 aliphatic heterocycles. The van der Waals surface area contributed by atoms with Crippen molar-refractivity contribution in [1.82, 2.24) is 10.6 Å². The highest BCUT2D eigenvalue weighted by Gasteiger charge is 2.07. The molecule has 0 heterocycles. The van der Waals surface area contributed by atoms with E-state index in [2.05, 4.69) is 10.6 Å². The summed E-state index contributed by atoms with van der Waals surface area (Å²) in [6, 6.07) is 14.2. The maximum atomic E-state index is 12.2. The minimum absolute atomic E-state index is 0.143. The molecule has 0 radical (unpaired) electrons. The van der Waals surface area contributed by atoms with Crippen LogP contribution in [0.15, 0.2) is 48.5 Å². The molecule has 6 heteroatoms. The van der Waals surface area contributed by atoms with E-state index in [-0.39, 0.29) is 11.8 Å². The summed E-state index contributed by atoms with van der Waals surface area (Å²) in [5.74, 6) is 0.104. The van der Waals surface area contributed by atoms with Crippen LogP contribution < -0.4 is 10.6 Å². The molecule has 5 nitrogen and oxygen atoms in total. The second-order valence-electron chi connectivity index (χ2n) is 5.38. The number of nitrogens with one attached hydrogen (secondary N) is 2. The fraction of sp³-hybridized carbons (Fsp3) is 0.222. The summed E-state index contributed by atoms with van der Waals surface area (Å²) >= 11 is 0. The molecule has 2 amide bonds. The normalized spacial score (nSPS) is 11.6. The summed E-state index contributed by atoms with van der Waals surface area (Å²) in [5, 5.41) is 5.40. The first-order valence-corrected chi connectivity index (χ1v) is 9.20. The average Bonchev–Trinajstić information content (AvgIpc) is 2.59. The lowest BCUT2D eigenvalue weighted by Crippen LogP contribution is -2.23. The van der Waals surface area contributed by atoms with Crippen LogP contribution in [0.3, 0.4) is 0 Å². The molecular weight excluding hydrogens is 324 g/mol. The van der Waals surface area contributed by atoms with Crippen molar-refractivity contribution >= 4 is 22.6 Å². The molecule has 2 N–H and O–H groups in total. The van der Waals surface area contributed by atoms with Crippen LogP contribution in [0, 0.1) is 0 Å². The van der Waals surface area contributed by atoms with E-state index in [1.807, 2.05) is 18.2 Å². The number of carbonyl (C=O) groups excluding carboxylic acids is 2. The van der Waals surface area contributed by atoms with Gasteiger partial charge in [-0.05, 0) is 35.4 Å². The van der Waals surface area contributed by atoms with Gasteiger partial charge in [-0.2, -0.15) is 0 Å². The Morgan fingerprint density at radius 1 is 0.958 bits per heavy atom. The number of amides is 2. The lowest BCUT2D eigenvalue weighted by Gasteiger charge is -2.07. The molecule has 1 atom stereocenters. The first-order valence-electron chi connectivity index (χ1n) is 7.48. The Hall–Kier alpha value is -2.47. The van der Waals surface area contributed by atoms with E-state index < -0.39 is 10.8 Å². The smallest absolute Gasteiger partial charge is 0.251 e. The number of benzene rings is 2. The molecule has 0 saturated carbocycles. The summed E-state index contributed by atoms with van der Waals surface area (Å²) in [6.45, 7) is 0.372. The van der Waals surface area contributed by atoms with Crippen LogP contribution in [0.5, 0.6) is 0 Å². The molecule has 0 bridgehead atoms. The molecule has 0 spiro atoms. The van der Waals surface area contributed by atoms with Crippen molar-refractivity contribution in [2.75, 3.05) is 13.3 Å². The van der Waals surface area contributed by atoms with E-state index in [0.29, 0.717) is 23.4 Å². The highest BCUT2D eigenvalue weighted by atomic mass is 32.2. The predicted octanol–water partition coefficient (Wildman–Crippen LogP) is 1.85. The Labute approximate surface area is 143 Å². The second-order valence-corrected chi connectivity index (χ2v) is 6.81. The number of hydrogen-bond acceptors (Lipinski definition) is 3. The van der Waals surface area contributed by atoms with Gasteiger partial charge >= 0.3 is 0 Å². The van der Waals surface area contributed by atoms with Gasteiger partial charge in [0.2, 0.25) is 0 Å². The quantitative estimate of drug-likeness (QED) is 0.840. The maximum absolute atomic E-state index is 12.2. The van der Waals surface area contributed by atoms with Gasteiger partial charge in [-0.25, -0.2) is 0 Å². The van der Waals surface area contributed by atoms with Crippen molar-refractivity contribution in [3.63, 3.8) is 0 Å². The highest BCUT2D eigenvalue weighted by molar-refractivity contribution is 7.83. The topological polar surface area (TPSA) is 75.3 Å². The van der Waals surface area contributed by atoms with Gasteiger partial charge in [-0.3, -0.25) is 13.8 Å². The molecule has 2 aromatic rings. The molecule has 0 aliphatic rings. The van der Waals surface area contributed by atoms with Crippen LogP contribution in [0.2, 0.25) is 0 Å². The van der Waals surface area contributed by atoms with Crippen molar-refractivity contribution in [3.8, 4) is 0 Å². The van der Waals surface area contributed by atoms with E-state index in [4.69, 9.17) is 0 Å². The van der Waals surface area contributed by atoms with Gasteiger partial charge in [0.05, 0.1) is 0 Å². The van der Waals surface area contributed by atoms with Crippen molar-refractivity contribution in [2.45, 2.75) is 12.3 Å². The molecule has 1 unspecified atom stereocenters. The maximum Gasteiger partial charge on any atom is 0.251 e. The zero-order valence-electron chi connectivity index (χ0n) is 13.7. The highest BCUT2D eigenvalue weighted by Crippen LogP contribution is 2.09. The van der Waals surface area contributed by atoms with E-state index in [1.165, 1.54) is 0 Å². The van der Waals surface area contributed by atoms with E-state index in [1.54, 1.807) is 43.6 Å². The minimum Gasteiger partial charge on any atom is -0.355 e. The van der Waals surface area contributed by atoms with Crippen LogP contribution >= 0.6 is 0 Å². The first-order chi connectivity index (χ1) is 11.5. The van der Waals surface area contributed by atoms with Gasteiger partial charge in [-0.15, -0.1) is 0 Å². The monoisotopic (exact) mass is 344 g/mol. The average molecular weight is 344 g/mol. The predicted molar refractivity (Wildman–Crippen MR) is 95.2 cm³/mol. The molecule has 2 aromatic carbocycles. The molecular formula is C18H20N2O3S. The van der Waals surface area contributed by atoms with E-state index in [9.17, 15) is 13.8 Å². The van der Waals surface area contributed by atoms with Gasteiger partial charge in [0.1, 0.15) is 0 Å². The molecule has 126 valence electrons. The largest absolute Gasteiger partial charge is 0.355 e. The van der Waals surface area contributed by atoms with Crippen LogP contribution in [-0.2, 0) is 23.1 Å². The zero-order chi connectivity index (χ0) is 17.5. The lowest BCUT2D eigenvalue weighted by molar-refractivity contribution is 0.0946. The molecule has 0 fully saturated rings. The SMILES string of the molecule is CNC(=O)c1ccc(CNC(=O)c2cccc(CS(C)=O)c2)cc1. The van der Waals surface area contributed by atoms with Gasteiger partial charge in [-0.1, -0.05) is 24.3 Å². The van der Waals surface area contributed by atoms with Gasteiger partial charge in [0.25, 0.3) is 11.8 Å². The summed E-state index contributed by atoms with van der Waals surface area (Å²) in [6.07, 6.45) is 1.63. The molecule has 24 heavy (non-hydrogen) atoms. The second kappa shape index (κ2) is 8.40. The zero-order valence-corrected chi connectivity index (χ0v) is 14.5. The summed E-state index contributed by atoms with van der Waals surface area (Å²) in [7, 11) is 0.639. The van der Waals surface area contributed by atoms with Crippen molar-refractivity contribution in [2.24, 2.45) is 0 Å². The van der Waals surface area contributed by atoms with Crippen molar-refractivity contribution in [1.29, 1.82) is 0 Å². The Balaban J connectivity index is 1.97. The molecule has 0 aromatic heterocycles. The van der Waals surface area contributed by atoms with Crippen LogP contribution in [0.4, 0.5) is 0 Å². The summed E-state index contributed by atoms with van der Waals surface area (Å²) < 4.78 is 11.3. The van der Waals surface area contributed by atoms with E-state index >= 15 is 0 Å². The van der Waals surface area contributed by atoms with Crippen LogP contribution in [0.25, 0.3) is 0 Å². The number of carbonyl (C=O) groups is 2. The van der Waals surface area contributed by atoms with Crippen LogP contribution in [-0.4, -0.2) is 29.3 Å². The third-order valence-electron chi connectivity index (χ3n) is 3.46. The summed E-state index contributed by atoms with van der Waals surface area (Å²) in [4.78, 5) is 23.7. The van der Waals surface area contributed by atoms with Crippen LogP contribution in [0.1, 0.15) is 31.8 Å². The van der Waals surface area contributed by atoms with Gasteiger partial charge in [0.15, 0.2) is 0 Å². The number of rotatable bonds is 6. The van der Waals surface area contributed by atoms with Crippen molar-refractivity contribution < 1.29 is 13.8 Å². The molecule has 2 rings (SSSR count). The van der Waals surface area contributed by atoms with Gasteiger partial charge in [0, 0.05) is 47.5 Å². The van der Waals surface area contributed by atoms with Gasteiger partial charge < -0.3 is 10.6 Å². The van der Waals surface area contributed by atoms with E-state index in [0.717, 1.165) is 11.1 Å². The Morgan fingerprint density at radius 2 is 1.67 bits per heavy atom. The molecule has 0 aliphatic carbocycles. The van der Waals surface area contributed by atoms with Crippen molar-refractivity contribution in [3.05, 3.63) is 70.8 Å². The fourth-order valence-electron chi connectivity index (χ4n) is 2.24. The third-order valence-corrected chi connectivity index (χ3v) is 4.20. The number of hydrogen-bond donors (Lipinski definition) is 2.